The minimum absolute atomic E-state index is 0.115. The van der Waals surface area contributed by atoms with Gasteiger partial charge in [0.05, 0.1) is 10.7 Å². The summed E-state index contributed by atoms with van der Waals surface area (Å²) >= 11 is 9.68. The van der Waals surface area contributed by atoms with Gasteiger partial charge in [-0.25, -0.2) is 5.43 Å². The van der Waals surface area contributed by atoms with E-state index in [4.69, 9.17) is 25.8 Å². The van der Waals surface area contributed by atoms with Gasteiger partial charge in [0.15, 0.2) is 11.5 Å². The molecule has 0 aromatic heterocycles. The SMILES string of the molecule is CC(C)C(NC(=O)c1ccc2c(c1)OCO2)C(=O)N/N=C/c1ccc(OCc2ccccc2Cl)c(Br)c1. The predicted molar refractivity (Wildman–Crippen MR) is 144 cm³/mol. The van der Waals surface area contributed by atoms with Crippen LogP contribution in [-0.2, 0) is 11.4 Å². The Labute approximate surface area is 228 Å². The zero-order chi connectivity index (χ0) is 26.4. The first-order valence-corrected chi connectivity index (χ1v) is 12.7. The van der Waals surface area contributed by atoms with Gasteiger partial charge in [0, 0.05) is 16.1 Å². The molecular weight excluding hydrogens is 562 g/mol. The number of hydrazone groups is 1. The first-order chi connectivity index (χ1) is 17.8. The van der Waals surface area contributed by atoms with E-state index in [9.17, 15) is 9.59 Å². The number of amides is 2. The van der Waals surface area contributed by atoms with Crippen molar-refractivity contribution in [1.82, 2.24) is 10.7 Å². The first-order valence-electron chi connectivity index (χ1n) is 11.5. The van der Waals surface area contributed by atoms with E-state index in [1.54, 1.807) is 24.3 Å². The number of fused-ring (bicyclic) bond motifs is 1. The highest BCUT2D eigenvalue weighted by atomic mass is 79.9. The molecule has 0 aliphatic carbocycles. The normalized spacial score (nSPS) is 13.0. The zero-order valence-electron chi connectivity index (χ0n) is 20.2. The number of rotatable bonds is 9. The van der Waals surface area contributed by atoms with Crippen molar-refractivity contribution in [3.05, 3.63) is 86.8 Å². The van der Waals surface area contributed by atoms with Crippen molar-refractivity contribution in [2.75, 3.05) is 6.79 Å². The third-order valence-corrected chi connectivity index (χ3v) is 6.54. The molecule has 4 rings (SSSR count). The van der Waals surface area contributed by atoms with Gasteiger partial charge in [-0.2, -0.15) is 5.10 Å². The molecule has 0 bridgehead atoms. The van der Waals surface area contributed by atoms with Crippen LogP contribution < -0.4 is 25.0 Å². The maximum atomic E-state index is 12.8. The summed E-state index contributed by atoms with van der Waals surface area (Å²) in [6.45, 7) is 4.12. The van der Waals surface area contributed by atoms with Crippen molar-refractivity contribution in [3.63, 3.8) is 0 Å². The number of hydrogen-bond donors (Lipinski definition) is 2. The lowest BCUT2D eigenvalue weighted by atomic mass is 10.0. The van der Waals surface area contributed by atoms with E-state index in [0.29, 0.717) is 34.4 Å². The second kappa shape index (κ2) is 12.1. The molecule has 2 amide bonds. The van der Waals surface area contributed by atoms with Crippen LogP contribution in [0.15, 0.2) is 70.2 Å². The summed E-state index contributed by atoms with van der Waals surface area (Å²) in [6.07, 6.45) is 1.51. The molecule has 10 heteroatoms. The largest absolute Gasteiger partial charge is 0.488 e. The minimum atomic E-state index is -0.789. The lowest BCUT2D eigenvalue weighted by molar-refractivity contribution is -0.123. The monoisotopic (exact) mass is 585 g/mol. The molecular formula is C27H25BrClN3O5. The molecule has 1 aliphatic rings. The smallest absolute Gasteiger partial charge is 0.262 e. The van der Waals surface area contributed by atoms with Crippen molar-refractivity contribution < 1.29 is 23.8 Å². The fraction of sp³-hybridized carbons (Fsp3) is 0.222. The topological polar surface area (TPSA) is 98.2 Å². The molecule has 1 atom stereocenters. The molecule has 8 nitrogen and oxygen atoms in total. The minimum Gasteiger partial charge on any atom is -0.488 e. The van der Waals surface area contributed by atoms with Crippen molar-refractivity contribution >= 4 is 45.6 Å². The van der Waals surface area contributed by atoms with E-state index in [0.717, 1.165) is 15.6 Å². The van der Waals surface area contributed by atoms with Gasteiger partial charge in [-0.1, -0.05) is 43.6 Å². The Morgan fingerprint density at radius 3 is 2.65 bits per heavy atom. The highest BCUT2D eigenvalue weighted by Gasteiger charge is 2.25. The summed E-state index contributed by atoms with van der Waals surface area (Å²) in [5.41, 5.74) is 4.50. The number of hydrogen-bond acceptors (Lipinski definition) is 6. The second-order valence-electron chi connectivity index (χ2n) is 8.57. The van der Waals surface area contributed by atoms with Gasteiger partial charge in [-0.15, -0.1) is 0 Å². The predicted octanol–water partition coefficient (Wildman–Crippen LogP) is 5.31. The van der Waals surface area contributed by atoms with Crippen molar-refractivity contribution in [2.45, 2.75) is 26.5 Å². The Bertz CT molecular complexity index is 1330. The molecule has 0 radical (unpaired) electrons. The van der Waals surface area contributed by atoms with Crippen LogP contribution in [0, 0.1) is 5.92 Å². The van der Waals surface area contributed by atoms with E-state index >= 15 is 0 Å². The summed E-state index contributed by atoms with van der Waals surface area (Å²) in [7, 11) is 0. The molecule has 1 unspecified atom stereocenters. The fourth-order valence-electron chi connectivity index (χ4n) is 3.52. The molecule has 37 heavy (non-hydrogen) atoms. The van der Waals surface area contributed by atoms with Gasteiger partial charge >= 0.3 is 0 Å². The number of benzene rings is 3. The number of carbonyl (C=O) groups excluding carboxylic acids is 2. The summed E-state index contributed by atoms with van der Waals surface area (Å²) < 4.78 is 17.2. The number of carbonyl (C=O) groups is 2. The average Bonchev–Trinajstić information content (AvgIpc) is 3.35. The van der Waals surface area contributed by atoms with Crippen LogP contribution in [0.5, 0.6) is 17.2 Å². The number of halogens is 2. The van der Waals surface area contributed by atoms with Crippen LogP contribution in [0.2, 0.25) is 5.02 Å². The molecule has 3 aromatic rings. The van der Waals surface area contributed by atoms with Crippen LogP contribution in [0.1, 0.15) is 35.3 Å². The van der Waals surface area contributed by atoms with Crippen molar-refractivity contribution in [3.8, 4) is 17.2 Å². The molecule has 1 heterocycles. The Hall–Kier alpha value is -3.56. The highest BCUT2D eigenvalue weighted by molar-refractivity contribution is 9.10. The van der Waals surface area contributed by atoms with E-state index in [-0.39, 0.29) is 12.7 Å². The lowest BCUT2D eigenvalue weighted by Crippen LogP contribution is -2.48. The number of nitrogens with zero attached hydrogens (tertiary/aromatic N) is 1. The first kappa shape index (κ1) is 26.5. The van der Waals surface area contributed by atoms with Crippen LogP contribution in [-0.4, -0.2) is 30.9 Å². The number of nitrogens with one attached hydrogen (secondary N) is 2. The summed E-state index contributed by atoms with van der Waals surface area (Å²) in [5.74, 6) is 0.723. The van der Waals surface area contributed by atoms with E-state index in [1.165, 1.54) is 6.21 Å². The zero-order valence-corrected chi connectivity index (χ0v) is 22.5. The Kier molecular flexibility index (Phi) is 8.68. The molecule has 192 valence electrons. The summed E-state index contributed by atoms with van der Waals surface area (Å²) in [5, 5.41) is 7.47. The molecule has 2 N–H and O–H groups in total. The Morgan fingerprint density at radius 2 is 1.89 bits per heavy atom. The Morgan fingerprint density at radius 1 is 1.11 bits per heavy atom. The Balaban J connectivity index is 1.33. The number of ether oxygens (including phenoxy) is 3. The maximum absolute atomic E-state index is 12.8. The quantitative estimate of drug-likeness (QED) is 0.261. The second-order valence-corrected chi connectivity index (χ2v) is 9.83. The van der Waals surface area contributed by atoms with Crippen molar-refractivity contribution in [2.24, 2.45) is 11.0 Å². The van der Waals surface area contributed by atoms with Crippen molar-refractivity contribution in [1.29, 1.82) is 0 Å². The van der Waals surface area contributed by atoms with Crippen LogP contribution in [0.25, 0.3) is 0 Å². The van der Waals surface area contributed by atoms with Crippen LogP contribution in [0.3, 0.4) is 0 Å². The van der Waals surface area contributed by atoms with Crippen LogP contribution in [0.4, 0.5) is 0 Å². The van der Waals surface area contributed by atoms with E-state index in [2.05, 4.69) is 31.8 Å². The summed E-state index contributed by atoms with van der Waals surface area (Å²) in [4.78, 5) is 25.5. The third kappa shape index (κ3) is 6.81. The van der Waals surface area contributed by atoms with Crippen LogP contribution >= 0.6 is 27.5 Å². The van der Waals surface area contributed by atoms with E-state index in [1.807, 2.05) is 50.2 Å². The lowest BCUT2D eigenvalue weighted by Gasteiger charge is -2.20. The highest BCUT2D eigenvalue weighted by Crippen LogP contribution is 2.32. The standard InChI is InChI=1S/C27H25BrClN3O5/c1-16(2)25(31-26(33)18-8-10-23-24(12-18)37-15-36-23)27(34)32-30-13-17-7-9-22(20(28)11-17)35-14-19-5-3-4-6-21(19)29/h3-13,16,25H,14-15H2,1-2H3,(H,31,33)(H,32,34)/b30-13+. The molecule has 0 saturated carbocycles. The third-order valence-electron chi connectivity index (χ3n) is 5.56. The maximum Gasteiger partial charge on any atom is 0.262 e. The van der Waals surface area contributed by atoms with E-state index < -0.39 is 17.9 Å². The molecule has 0 saturated heterocycles. The average molecular weight is 587 g/mol. The molecule has 3 aromatic carbocycles. The van der Waals surface area contributed by atoms with Gasteiger partial charge in [0.1, 0.15) is 18.4 Å². The van der Waals surface area contributed by atoms with Gasteiger partial charge < -0.3 is 19.5 Å². The molecule has 0 fully saturated rings. The molecule has 1 aliphatic heterocycles. The van der Waals surface area contributed by atoms with Gasteiger partial charge in [-0.05, 0) is 69.9 Å². The fourth-order valence-corrected chi connectivity index (χ4v) is 4.22. The molecule has 0 spiro atoms. The van der Waals surface area contributed by atoms with Gasteiger partial charge in [0.25, 0.3) is 11.8 Å². The van der Waals surface area contributed by atoms with Gasteiger partial charge in [0.2, 0.25) is 6.79 Å². The van der Waals surface area contributed by atoms with Gasteiger partial charge in [-0.3, -0.25) is 9.59 Å². The summed E-state index contributed by atoms with van der Waals surface area (Å²) in [6, 6.07) is 17.0.